The van der Waals surface area contributed by atoms with Gasteiger partial charge in [-0.05, 0) is 52.2 Å². The third-order valence-corrected chi connectivity index (χ3v) is 3.72. The van der Waals surface area contributed by atoms with E-state index in [9.17, 15) is 9.18 Å². The Bertz CT molecular complexity index is 818. The van der Waals surface area contributed by atoms with Crippen molar-refractivity contribution in [3.63, 3.8) is 0 Å². The number of rotatable bonds is 2. The van der Waals surface area contributed by atoms with Crippen molar-refractivity contribution in [2.75, 3.05) is 5.32 Å². The molecule has 3 nitrogen and oxygen atoms in total. The van der Waals surface area contributed by atoms with E-state index >= 15 is 0 Å². The summed E-state index contributed by atoms with van der Waals surface area (Å²) in [6, 6.07) is 13.3. The maximum Gasteiger partial charge on any atom is 0.257 e. The zero-order chi connectivity index (χ0) is 14.8. The molecule has 1 amide bonds. The number of hydrogen-bond acceptors (Lipinski definition) is 2. The molecule has 104 valence electrons. The summed E-state index contributed by atoms with van der Waals surface area (Å²) in [6.07, 6.45) is 1.67. The molecule has 0 fully saturated rings. The van der Waals surface area contributed by atoms with Crippen molar-refractivity contribution in [2.24, 2.45) is 0 Å². The van der Waals surface area contributed by atoms with E-state index in [1.54, 1.807) is 36.5 Å². The van der Waals surface area contributed by atoms with E-state index < -0.39 is 0 Å². The second kappa shape index (κ2) is 5.77. The molecule has 2 aromatic carbocycles. The number of fused-ring (bicyclic) bond motifs is 1. The van der Waals surface area contributed by atoms with Gasteiger partial charge in [0.2, 0.25) is 0 Å². The molecule has 3 aromatic rings. The molecular formula is C16H10FIN2O. The molecule has 0 saturated carbocycles. The monoisotopic (exact) mass is 392 g/mol. The molecule has 0 atom stereocenters. The van der Waals surface area contributed by atoms with Gasteiger partial charge < -0.3 is 5.32 Å². The molecule has 0 aliphatic rings. The number of carbonyl (C=O) groups is 1. The number of amides is 1. The van der Waals surface area contributed by atoms with E-state index in [2.05, 4.69) is 32.9 Å². The van der Waals surface area contributed by atoms with Crippen LogP contribution in [-0.2, 0) is 0 Å². The highest BCUT2D eigenvalue weighted by molar-refractivity contribution is 14.1. The topological polar surface area (TPSA) is 42.0 Å². The lowest BCUT2D eigenvalue weighted by atomic mass is 10.0. The van der Waals surface area contributed by atoms with Crippen LogP contribution in [0, 0.1) is 9.39 Å². The summed E-state index contributed by atoms with van der Waals surface area (Å²) < 4.78 is 14.7. The molecule has 0 aliphatic carbocycles. The molecular weight excluding hydrogens is 382 g/mol. The third kappa shape index (κ3) is 2.87. The standard InChI is InChI=1S/C16H10FIN2O/c17-14-7-6-13(11-3-1-2-4-12(11)14)16(21)20-15-8-5-10(18)9-19-15/h1-9H,(H,19,20,21). The van der Waals surface area contributed by atoms with Crippen LogP contribution in [0.15, 0.2) is 54.7 Å². The molecule has 3 rings (SSSR count). The van der Waals surface area contributed by atoms with E-state index in [0.29, 0.717) is 22.2 Å². The third-order valence-electron chi connectivity index (χ3n) is 3.08. The predicted molar refractivity (Wildman–Crippen MR) is 88.8 cm³/mol. The van der Waals surface area contributed by atoms with Crippen LogP contribution in [0.3, 0.4) is 0 Å². The van der Waals surface area contributed by atoms with Crippen LogP contribution in [0.4, 0.5) is 10.2 Å². The highest BCUT2D eigenvalue weighted by atomic mass is 127. The Labute approximate surface area is 134 Å². The fourth-order valence-electron chi connectivity index (χ4n) is 2.09. The number of benzene rings is 2. The van der Waals surface area contributed by atoms with Crippen LogP contribution >= 0.6 is 22.6 Å². The molecule has 0 spiro atoms. The lowest BCUT2D eigenvalue weighted by molar-refractivity contribution is 0.102. The van der Waals surface area contributed by atoms with Gasteiger partial charge in [0.25, 0.3) is 5.91 Å². The number of aromatic nitrogens is 1. The Morgan fingerprint density at radius 1 is 1.05 bits per heavy atom. The molecule has 1 heterocycles. The van der Waals surface area contributed by atoms with Crippen molar-refractivity contribution < 1.29 is 9.18 Å². The van der Waals surface area contributed by atoms with Gasteiger partial charge in [0.05, 0.1) is 0 Å². The molecule has 21 heavy (non-hydrogen) atoms. The average Bonchev–Trinajstić information content (AvgIpc) is 2.50. The fraction of sp³-hybridized carbons (Fsp3) is 0. The van der Waals surface area contributed by atoms with E-state index in [1.165, 1.54) is 12.1 Å². The number of pyridine rings is 1. The van der Waals surface area contributed by atoms with Crippen molar-refractivity contribution in [2.45, 2.75) is 0 Å². The summed E-state index contributed by atoms with van der Waals surface area (Å²) >= 11 is 2.14. The fourth-order valence-corrected chi connectivity index (χ4v) is 2.41. The Hall–Kier alpha value is -2.02. The summed E-state index contributed by atoms with van der Waals surface area (Å²) in [5, 5.41) is 3.74. The zero-order valence-electron chi connectivity index (χ0n) is 10.8. The van der Waals surface area contributed by atoms with Gasteiger partial charge in [0.15, 0.2) is 0 Å². The minimum atomic E-state index is -0.338. The van der Waals surface area contributed by atoms with Crippen LogP contribution in [0.5, 0.6) is 0 Å². The normalized spacial score (nSPS) is 10.6. The minimum Gasteiger partial charge on any atom is -0.307 e. The molecule has 0 bridgehead atoms. The molecule has 1 aromatic heterocycles. The number of anilines is 1. The van der Waals surface area contributed by atoms with Gasteiger partial charge in [-0.3, -0.25) is 4.79 Å². The van der Waals surface area contributed by atoms with Crippen molar-refractivity contribution >= 4 is 45.1 Å². The largest absolute Gasteiger partial charge is 0.307 e. The lowest BCUT2D eigenvalue weighted by Crippen LogP contribution is -2.13. The number of carbonyl (C=O) groups excluding carboxylic acids is 1. The van der Waals surface area contributed by atoms with Gasteiger partial charge in [0.1, 0.15) is 11.6 Å². The first-order valence-electron chi connectivity index (χ1n) is 6.25. The van der Waals surface area contributed by atoms with E-state index in [4.69, 9.17) is 0 Å². The first-order chi connectivity index (χ1) is 10.1. The maximum absolute atomic E-state index is 13.8. The lowest BCUT2D eigenvalue weighted by Gasteiger charge is -2.08. The Morgan fingerprint density at radius 2 is 1.81 bits per heavy atom. The number of halogens is 2. The summed E-state index contributed by atoms with van der Waals surface area (Å²) in [7, 11) is 0. The van der Waals surface area contributed by atoms with Crippen LogP contribution in [0.25, 0.3) is 10.8 Å². The van der Waals surface area contributed by atoms with Crippen molar-refractivity contribution in [3.8, 4) is 0 Å². The Morgan fingerprint density at radius 3 is 2.52 bits per heavy atom. The first kappa shape index (κ1) is 13.9. The summed E-state index contributed by atoms with van der Waals surface area (Å²) in [5.74, 6) is -0.178. The Kier molecular flexibility index (Phi) is 3.83. The van der Waals surface area contributed by atoms with Crippen molar-refractivity contribution in [3.05, 3.63) is 69.7 Å². The average molecular weight is 392 g/mol. The summed E-state index contributed by atoms with van der Waals surface area (Å²) in [5.41, 5.74) is 0.423. The first-order valence-corrected chi connectivity index (χ1v) is 7.33. The van der Waals surface area contributed by atoms with Gasteiger partial charge in [-0.2, -0.15) is 0 Å². The highest BCUT2D eigenvalue weighted by Crippen LogP contribution is 2.22. The number of hydrogen-bond donors (Lipinski definition) is 1. The molecule has 0 saturated heterocycles. The second-order valence-electron chi connectivity index (χ2n) is 4.46. The van der Waals surface area contributed by atoms with E-state index in [-0.39, 0.29) is 11.7 Å². The van der Waals surface area contributed by atoms with Gasteiger partial charge in [-0.25, -0.2) is 9.37 Å². The van der Waals surface area contributed by atoms with Crippen LogP contribution in [-0.4, -0.2) is 10.9 Å². The van der Waals surface area contributed by atoms with Crippen LogP contribution in [0.2, 0.25) is 0 Å². The number of nitrogens with one attached hydrogen (secondary N) is 1. The van der Waals surface area contributed by atoms with Crippen LogP contribution in [0.1, 0.15) is 10.4 Å². The molecule has 0 unspecified atom stereocenters. The maximum atomic E-state index is 13.8. The Balaban J connectivity index is 1.98. The van der Waals surface area contributed by atoms with Crippen LogP contribution < -0.4 is 5.32 Å². The molecule has 0 aliphatic heterocycles. The number of nitrogens with zero attached hydrogens (tertiary/aromatic N) is 1. The molecule has 0 radical (unpaired) electrons. The quantitative estimate of drug-likeness (QED) is 0.664. The smallest absolute Gasteiger partial charge is 0.257 e. The van der Waals surface area contributed by atoms with Crippen molar-refractivity contribution in [1.82, 2.24) is 4.98 Å². The summed E-state index contributed by atoms with van der Waals surface area (Å²) in [6.45, 7) is 0. The second-order valence-corrected chi connectivity index (χ2v) is 5.70. The predicted octanol–water partition coefficient (Wildman–Crippen LogP) is 4.23. The minimum absolute atomic E-state index is 0.306. The van der Waals surface area contributed by atoms with Gasteiger partial charge in [-0.1, -0.05) is 24.3 Å². The molecule has 5 heteroatoms. The van der Waals surface area contributed by atoms with Crippen molar-refractivity contribution in [1.29, 1.82) is 0 Å². The molecule has 1 N–H and O–H groups in total. The van der Waals surface area contributed by atoms with Gasteiger partial charge in [0, 0.05) is 20.7 Å². The van der Waals surface area contributed by atoms with Gasteiger partial charge in [-0.15, -0.1) is 0 Å². The van der Waals surface area contributed by atoms with E-state index in [0.717, 1.165) is 3.57 Å². The summed E-state index contributed by atoms with van der Waals surface area (Å²) in [4.78, 5) is 16.5. The van der Waals surface area contributed by atoms with Gasteiger partial charge >= 0.3 is 0 Å². The SMILES string of the molecule is O=C(Nc1ccc(I)cn1)c1ccc(F)c2ccccc12. The zero-order valence-corrected chi connectivity index (χ0v) is 13.0. The van der Waals surface area contributed by atoms with E-state index in [1.807, 2.05) is 6.07 Å². The highest BCUT2D eigenvalue weighted by Gasteiger charge is 2.12.